The molecule has 0 aliphatic carbocycles. The van der Waals surface area contributed by atoms with Crippen LogP contribution in [0.2, 0.25) is 0 Å². The van der Waals surface area contributed by atoms with Crippen LogP contribution in [0.3, 0.4) is 0 Å². The Bertz CT molecular complexity index is 1180. The van der Waals surface area contributed by atoms with Gasteiger partial charge in [-0.15, -0.1) is 0 Å². The molecule has 0 radical (unpaired) electrons. The van der Waals surface area contributed by atoms with Gasteiger partial charge in [-0.2, -0.15) is 0 Å². The number of methoxy groups -OCH3 is 2. The second-order valence-electron chi connectivity index (χ2n) is 6.79. The minimum atomic E-state index is -0.506. The molecule has 0 amide bonds. The molecular weight excluding hydrogens is 412 g/mol. The monoisotopic (exact) mass is 432 g/mol. The number of benzene rings is 3. The van der Waals surface area contributed by atoms with Gasteiger partial charge >= 0.3 is 5.97 Å². The van der Waals surface area contributed by atoms with Gasteiger partial charge in [-0.25, -0.2) is 4.79 Å². The van der Waals surface area contributed by atoms with Gasteiger partial charge in [0, 0.05) is 6.07 Å². The maximum absolute atomic E-state index is 12.6. The molecule has 0 saturated carbocycles. The Morgan fingerprint density at radius 2 is 1.59 bits per heavy atom. The first-order valence-electron chi connectivity index (χ1n) is 9.73. The van der Waals surface area contributed by atoms with E-state index in [-0.39, 0.29) is 12.6 Å². The fraction of sp³-hybridized carbons (Fsp3) is 0.120. The molecule has 7 nitrogen and oxygen atoms in total. The summed E-state index contributed by atoms with van der Waals surface area (Å²) in [7, 11) is 3.05. The Morgan fingerprint density at radius 3 is 2.34 bits per heavy atom. The van der Waals surface area contributed by atoms with E-state index in [1.54, 1.807) is 73.8 Å². The van der Waals surface area contributed by atoms with Crippen molar-refractivity contribution in [1.29, 1.82) is 0 Å². The standard InChI is InChI=1S/C25H20O7/c1-28-19-9-10-20(23(14-19)29-2)21(26)11-5-16-3-7-18(8-4-16)32-25(27)17-6-12-22-24(13-17)31-15-30-22/h3-14H,15H2,1-2H3. The highest BCUT2D eigenvalue weighted by Crippen LogP contribution is 2.33. The smallest absolute Gasteiger partial charge is 0.343 e. The van der Waals surface area contributed by atoms with E-state index in [1.165, 1.54) is 13.2 Å². The van der Waals surface area contributed by atoms with Gasteiger partial charge in [0.1, 0.15) is 17.2 Å². The summed E-state index contributed by atoms with van der Waals surface area (Å²) in [6.07, 6.45) is 3.13. The van der Waals surface area contributed by atoms with Crippen molar-refractivity contribution in [2.24, 2.45) is 0 Å². The summed E-state index contributed by atoms with van der Waals surface area (Å²) >= 11 is 0. The van der Waals surface area contributed by atoms with Crippen LogP contribution in [0, 0.1) is 0 Å². The molecule has 0 unspecified atom stereocenters. The van der Waals surface area contributed by atoms with Crippen molar-refractivity contribution in [2.75, 3.05) is 21.0 Å². The summed E-state index contributed by atoms with van der Waals surface area (Å²) in [5.41, 5.74) is 1.56. The van der Waals surface area contributed by atoms with E-state index in [0.717, 1.165) is 5.56 Å². The molecule has 0 bridgehead atoms. The predicted molar refractivity (Wildman–Crippen MR) is 117 cm³/mol. The molecular formula is C25H20O7. The molecule has 3 aromatic rings. The van der Waals surface area contributed by atoms with Crippen molar-refractivity contribution in [3.05, 3.63) is 83.4 Å². The molecule has 162 valence electrons. The molecule has 32 heavy (non-hydrogen) atoms. The van der Waals surface area contributed by atoms with E-state index in [4.69, 9.17) is 23.7 Å². The van der Waals surface area contributed by atoms with Gasteiger partial charge < -0.3 is 23.7 Å². The zero-order valence-electron chi connectivity index (χ0n) is 17.5. The Labute approximate surface area is 184 Å². The molecule has 3 aromatic carbocycles. The highest BCUT2D eigenvalue weighted by Gasteiger charge is 2.17. The van der Waals surface area contributed by atoms with Crippen LogP contribution in [0.15, 0.2) is 66.7 Å². The normalized spacial score (nSPS) is 11.9. The largest absolute Gasteiger partial charge is 0.497 e. The lowest BCUT2D eigenvalue weighted by Crippen LogP contribution is -2.08. The SMILES string of the molecule is COc1ccc(C(=O)C=Cc2ccc(OC(=O)c3ccc4c(c3)OCO4)cc2)c(OC)c1. The summed E-state index contributed by atoms with van der Waals surface area (Å²) in [6, 6.07) is 16.7. The van der Waals surface area contributed by atoms with Crippen LogP contribution < -0.4 is 23.7 Å². The molecule has 1 aliphatic rings. The molecule has 0 aromatic heterocycles. The van der Waals surface area contributed by atoms with Crippen LogP contribution in [0.5, 0.6) is 28.7 Å². The Morgan fingerprint density at radius 1 is 0.844 bits per heavy atom. The van der Waals surface area contributed by atoms with Crippen molar-refractivity contribution < 1.29 is 33.3 Å². The lowest BCUT2D eigenvalue weighted by molar-refractivity contribution is 0.0734. The number of esters is 1. The number of ether oxygens (including phenoxy) is 5. The molecule has 0 atom stereocenters. The fourth-order valence-corrected chi connectivity index (χ4v) is 3.10. The first kappa shape index (κ1) is 21.0. The first-order chi connectivity index (χ1) is 15.6. The van der Waals surface area contributed by atoms with Crippen LogP contribution in [0.1, 0.15) is 26.3 Å². The number of rotatable bonds is 7. The van der Waals surface area contributed by atoms with Crippen LogP contribution in [0.4, 0.5) is 0 Å². The lowest BCUT2D eigenvalue weighted by Gasteiger charge is -2.08. The Kier molecular flexibility index (Phi) is 6.07. The van der Waals surface area contributed by atoms with Crippen molar-refractivity contribution in [3.8, 4) is 28.7 Å². The van der Waals surface area contributed by atoms with E-state index in [1.807, 2.05) is 0 Å². The number of hydrogen-bond donors (Lipinski definition) is 0. The molecule has 0 saturated heterocycles. The van der Waals surface area contributed by atoms with Gasteiger partial charge in [0.25, 0.3) is 0 Å². The first-order valence-corrected chi connectivity index (χ1v) is 9.73. The van der Waals surface area contributed by atoms with Gasteiger partial charge in [0.2, 0.25) is 6.79 Å². The average molecular weight is 432 g/mol. The van der Waals surface area contributed by atoms with Gasteiger partial charge in [-0.3, -0.25) is 4.79 Å². The van der Waals surface area contributed by atoms with Gasteiger partial charge in [0.05, 0.1) is 25.3 Å². The van der Waals surface area contributed by atoms with Crippen LogP contribution >= 0.6 is 0 Å². The summed E-state index contributed by atoms with van der Waals surface area (Å²) in [6.45, 7) is 0.135. The molecule has 0 fully saturated rings. The minimum Gasteiger partial charge on any atom is -0.497 e. The van der Waals surface area contributed by atoms with E-state index in [9.17, 15) is 9.59 Å². The molecule has 0 N–H and O–H groups in total. The maximum Gasteiger partial charge on any atom is 0.343 e. The molecule has 1 heterocycles. The number of fused-ring (bicyclic) bond motifs is 1. The summed E-state index contributed by atoms with van der Waals surface area (Å²) in [4.78, 5) is 24.9. The number of hydrogen-bond acceptors (Lipinski definition) is 7. The number of carbonyl (C=O) groups excluding carboxylic acids is 2. The maximum atomic E-state index is 12.6. The topological polar surface area (TPSA) is 80.3 Å². The Balaban J connectivity index is 1.41. The van der Waals surface area contributed by atoms with Crippen molar-refractivity contribution in [3.63, 3.8) is 0 Å². The zero-order chi connectivity index (χ0) is 22.5. The highest BCUT2D eigenvalue weighted by molar-refractivity contribution is 6.08. The average Bonchev–Trinajstić information content (AvgIpc) is 3.31. The van der Waals surface area contributed by atoms with Crippen molar-refractivity contribution in [1.82, 2.24) is 0 Å². The summed E-state index contributed by atoms with van der Waals surface area (Å²) in [5, 5.41) is 0. The molecule has 7 heteroatoms. The predicted octanol–water partition coefficient (Wildman–Crippen LogP) is 4.55. The van der Waals surface area contributed by atoms with E-state index >= 15 is 0 Å². The molecule has 0 spiro atoms. The number of carbonyl (C=O) groups is 2. The third-order valence-corrected chi connectivity index (χ3v) is 4.80. The fourth-order valence-electron chi connectivity index (χ4n) is 3.10. The van der Waals surface area contributed by atoms with Crippen molar-refractivity contribution in [2.45, 2.75) is 0 Å². The second kappa shape index (κ2) is 9.26. The summed E-state index contributed by atoms with van der Waals surface area (Å²) < 4.78 is 26.4. The minimum absolute atomic E-state index is 0.135. The van der Waals surface area contributed by atoms with Gasteiger partial charge in [-0.1, -0.05) is 18.2 Å². The number of ketones is 1. The molecule has 4 rings (SSSR count). The zero-order valence-corrected chi connectivity index (χ0v) is 17.5. The highest BCUT2D eigenvalue weighted by atomic mass is 16.7. The number of allylic oxidation sites excluding steroid dienone is 1. The van der Waals surface area contributed by atoms with Crippen LogP contribution in [-0.2, 0) is 0 Å². The van der Waals surface area contributed by atoms with E-state index in [2.05, 4.69) is 0 Å². The van der Waals surface area contributed by atoms with E-state index in [0.29, 0.717) is 39.9 Å². The molecule has 1 aliphatic heterocycles. The quantitative estimate of drug-likeness (QED) is 0.235. The Hall–Kier alpha value is -4.26. The van der Waals surface area contributed by atoms with E-state index < -0.39 is 5.97 Å². The second-order valence-corrected chi connectivity index (χ2v) is 6.79. The lowest BCUT2D eigenvalue weighted by atomic mass is 10.1. The van der Waals surface area contributed by atoms with Gasteiger partial charge in [-0.05, 0) is 54.1 Å². The van der Waals surface area contributed by atoms with Crippen molar-refractivity contribution >= 4 is 17.8 Å². The van der Waals surface area contributed by atoms with Crippen LogP contribution in [0.25, 0.3) is 6.08 Å². The third kappa shape index (κ3) is 4.57. The van der Waals surface area contributed by atoms with Gasteiger partial charge in [0.15, 0.2) is 17.3 Å². The third-order valence-electron chi connectivity index (χ3n) is 4.80. The summed E-state index contributed by atoms with van der Waals surface area (Å²) in [5.74, 6) is 1.82. The van der Waals surface area contributed by atoms with Crippen LogP contribution in [-0.4, -0.2) is 32.8 Å².